The third-order valence-electron chi connectivity index (χ3n) is 8.79. The summed E-state index contributed by atoms with van der Waals surface area (Å²) < 4.78 is 56.8. The van der Waals surface area contributed by atoms with Crippen LogP contribution in [0.5, 0.6) is 0 Å². The molecule has 0 aliphatic rings. The molecule has 3 aromatic carbocycles. The fourth-order valence-corrected chi connectivity index (χ4v) is 5.34. The Kier molecular flexibility index (Phi) is 29.0. The first kappa shape index (κ1) is 52.0. The normalized spacial score (nSPS) is 11.9. The van der Waals surface area contributed by atoms with E-state index in [1.807, 2.05) is 12.1 Å². The summed E-state index contributed by atoms with van der Waals surface area (Å²) in [4.78, 5) is 0. The van der Waals surface area contributed by atoms with Crippen molar-refractivity contribution >= 4 is 51.4 Å². The molecule has 3 rings (SSSR count). The van der Waals surface area contributed by atoms with Crippen LogP contribution in [0.1, 0.15) is 74.9 Å². The van der Waals surface area contributed by atoms with Crippen molar-refractivity contribution < 1.29 is 47.4 Å². The van der Waals surface area contributed by atoms with Crippen molar-refractivity contribution in [3.8, 4) is 0 Å². The van der Waals surface area contributed by atoms with Crippen LogP contribution in [0, 0.1) is 0 Å². The summed E-state index contributed by atoms with van der Waals surface area (Å²) in [5.74, 6) is 0. The molecule has 0 aliphatic heterocycles. The van der Waals surface area contributed by atoms with Gasteiger partial charge in [-0.05, 0) is 44.2 Å². The minimum absolute atomic E-state index is 0. The Bertz CT molecular complexity index is 1280. The minimum atomic E-state index is 0. The molecular formula is C46H70KO10. The van der Waals surface area contributed by atoms with Crippen molar-refractivity contribution in [3.05, 3.63) is 106 Å². The first-order valence-corrected chi connectivity index (χ1v) is 20.2. The molecule has 0 amide bonds. The molecule has 0 fully saturated rings. The van der Waals surface area contributed by atoms with Gasteiger partial charge in [0.05, 0.1) is 132 Å². The molecule has 57 heavy (non-hydrogen) atoms. The van der Waals surface area contributed by atoms with Gasteiger partial charge in [-0.25, -0.2) is 0 Å². The van der Waals surface area contributed by atoms with E-state index >= 15 is 0 Å². The molecule has 0 aliphatic carbocycles. The van der Waals surface area contributed by atoms with Gasteiger partial charge in [-0.15, -0.1) is 0 Å². The van der Waals surface area contributed by atoms with Gasteiger partial charge in [0.2, 0.25) is 0 Å². The first-order valence-electron chi connectivity index (χ1n) is 20.2. The molecule has 10 nitrogen and oxygen atoms in total. The van der Waals surface area contributed by atoms with Crippen LogP contribution in [0.3, 0.4) is 0 Å². The van der Waals surface area contributed by atoms with Crippen LogP contribution in [0.4, 0.5) is 0 Å². The maximum atomic E-state index is 5.84. The second-order valence-corrected chi connectivity index (χ2v) is 15.5. The van der Waals surface area contributed by atoms with E-state index in [1.54, 1.807) is 0 Å². The van der Waals surface area contributed by atoms with Crippen molar-refractivity contribution in [2.45, 2.75) is 78.8 Å². The summed E-state index contributed by atoms with van der Waals surface area (Å²) in [7, 11) is 0. The minimum Gasteiger partial charge on any atom is -0.377 e. The quantitative estimate of drug-likeness (QED) is 0.0467. The predicted octanol–water partition coefficient (Wildman–Crippen LogP) is 7.47. The average Bonchev–Trinajstić information content (AvgIpc) is 3.18. The summed E-state index contributed by atoms with van der Waals surface area (Å²) in [5.41, 5.74) is 7.51. The molecule has 0 saturated heterocycles. The van der Waals surface area contributed by atoms with Gasteiger partial charge < -0.3 is 47.4 Å². The van der Waals surface area contributed by atoms with Gasteiger partial charge in [-0.2, -0.15) is 0 Å². The zero-order chi connectivity index (χ0) is 40.2. The smallest absolute Gasteiger partial charge is 0.0721 e. The average molecular weight is 822 g/mol. The third kappa shape index (κ3) is 25.3. The monoisotopic (exact) mass is 821 g/mol. The molecule has 0 unspecified atom stereocenters. The van der Waals surface area contributed by atoms with Crippen LogP contribution in [-0.2, 0) is 84.6 Å². The Morgan fingerprint density at radius 1 is 0.298 bits per heavy atom. The fraction of sp³-hybridized carbons (Fsp3) is 0.609. The van der Waals surface area contributed by atoms with Gasteiger partial charge in [-0.3, -0.25) is 0 Å². The standard InChI is InChI=1S/C46H70O10.K/c1-45(2,3)43-15-11-39(12-16-43)35-53-31-27-49-23-19-47-21-25-51-29-33-55-37-41-9-7-8-10-42(41)38-56-34-30-52-26-22-48-20-24-50-28-32-54-36-40-13-17-44(18-14-40)46(4,5)6;/h7-18H,19-38H2,1-6H3;. The number of ether oxygens (including phenoxy) is 10. The number of hydrogen-bond donors (Lipinski definition) is 0. The molecule has 1 radical (unpaired) electrons. The van der Waals surface area contributed by atoms with Crippen molar-refractivity contribution in [2.75, 3.05) is 106 Å². The fourth-order valence-electron chi connectivity index (χ4n) is 5.34. The Hall–Kier alpha value is -1.10. The molecule has 315 valence electrons. The van der Waals surface area contributed by atoms with E-state index in [9.17, 15) is 0 Å². The van der Waals surface area contributed by atoms with E-state index in [4.69, 9.17) is 47.4 Å². The first-order chi connectivity index (χ1) is 27.1. The predicted molar refractivity (Wildman–Crippen MR) is 226 cm³/mol. The van der Waals surface area contributed by atoms with E-state index < -0.39 is 0 Å². The summed E-state index contributed by atoms with van der Waals surface area (Å²) >= 11 is 0. The summed E-state index contributed by atoms with van der Waals surface area (Å²) in [5, 5.41) is 0. The molecule has 0 aromatic heterocycles. The van der Waals surface area contributed by atoms with Crippen LogP contribution >= 0.6 is 0 Å². The number of hydrogen-bond acceptors (Lipinski definition) is 10. The van der Waals surface area contributed by atoms with Crippen LogP contribution in [-0.4, -0.2) is 157 Å². The van der Waals surface area contributed by atoms with Crippen LogP contribution < -0.4 is 0 Å². The van der Waals surface area contributed by atoms with Gasteiger partial charge in [0.15, 0.2) is 0 Å². The Labute approximate surface area is 386 Å². The zero-order valence-electron chi connectivity index (χ0n) is 36.2. The van der Waals surface area contributed by atoms with E-state index in [0.29, 0.717) is 132 Å². The molecule has 0 N–H and O–H groups in total. The molecule has 0 bridgehead atoms. The molecule has 11 heteroatoms. The summed E-state index contributed by atoms with van der Waals surface area (Å²) in [6, 6.07) is 25.4. The van der Waals surface area contributed by atoms with Crippen LogP contribution in [0.25, 0.3) is 0 Å². The number of benzene rings is 3. The van der Waals surface area contributed by atoms with Gasteiger partial charge in [0.1, 0.15) is 0 Å². The van der Waals surface area contributed by atoms with E-state index in [2.05, 4.69) is 102 Å². The van der Waals surface area contributed by atoms with Crippen molar-refractivity contribution in [3.63, 3.8) is 0 Å². The maximum absolute atomic E-state index is 5.84. The second-order valence-electron chi connectivity index (χ2n) is 15.5. The Morgan fingerprint density at radius 3 is 0.772 bits per heavy atom. The van der Waals surface area contributed by atoms with E-state index in [1.165, 1.54) is 22.3 Å². The van der Waals surface area contributed by atoms with Gasteiger partial charge in [0, 0.05) is 51.4 Å². The van der Waals surface area contributed by atoms with Crippen molar-refractivity contribution in [2.24, 2.45) is 0 Å². The van der Waals surface area contributed by atoms with Crippen LogP contribution in [0.2, 0.25) is 0 Å². The largest absolute Gasteiger partial charge is 0.377 e. The second kappa shape index (κ2) is 31.7. The van der Waals surface area contributed by atoms with Gasteiger partial charge in [-0.1, -0.05) is 114 Å². The Morgan fingerprint density at radius 2 is 0.526 bits per heavy atom. The van der Waals surface area contributed by atoms with Crippen molar-refractivity contribution in [1.29, 1.82) is 0 Å². The Balaban J connectivity index is 0.0000112. The van der Waals surface area contributed by atoms with E-state index in [-0.39, 0.29) is 62.2 Å². The van der Waals surface area contributed by atoms with Gasteiger partial charge in [0.25, 0.3) is 0 Å². The zero-order valence-corrected chi connectivity index (χ0v) is 39.3. The molecule has 0 atom stereocenters. The van der Waals surface area contributed by atoms with Crippen molar-refractivity contribution in [1.82, 2.24) is 0 Å². The molecule has 0 heterocycles. The number of rotatable bonds is 32. The maximum Gasteiger partial charge on any atom is 0.0721 e. The van der Waals surface area contributed by atoms with Crippen LogP contribution in [0.15, 0.2) is 72.8 Å². The topological polar surface area (TPSA) is 92.3 Å². The van der Waals surface area contributed by atoms with Gasteiger partial charge >= 0.3 is 0 Å². The van der Waals surface area contributed by atoms with E-state index in [0.717, 1.165) is 11.1 Å². The summed E-state index contributed by atoms with van der Waals surface area (Å²) in [6.45, 7) is 23.9. The third-order valence-corrected chi connectivity index (χ3v) is 8.79. The molecule has 0 saturated carbocycles. The molecular weight excluding hydrogens is 752 g/mol. The SMILES string of the molecule is CC(C)(C)c1ccc(COCCOCCOCCOCCOCc2ccccc2COCCOCCOCCOCCOCc2ccc(C(C)(C)C)cc2)cc1.[K]. The summed E-state index contributed by atoms with van der Waals surface area (Å²) in [6.07, 6.45) is 0. The molecule has 3 aromatic rings. The molecule has 0 spiro atoms.